The number of para-hydroxylation sites is 1. The van der Waals surface area contributed by atoms with E-state index in [-0.39, 0.29) is 23.9 Å². The van der Waals surface area contributed by atoms with Crippen molar-refractivity contribution in [1.29, 1.82) is 0 Å². The molecular weight excluding hydrogens is 382 g/mol. The number of rotatable bonds is 6. The van der Waals surface area contributed by atoms with Crippen LogP contribution in [0.1, 0.15) is 54.4 Å². The molecule has 1 amide bonds. The van der Waals surface area contributed by atoms with Crippen LogP contribution in [0.5, 0.6) is 17.2 Å². The number of ether oxygens (including phenoxy) is 3. The maximum Gasteiger partial charge on any atom is 0.258 e. The summed E-state index contributed by atoms with van der Waals surface area (Å²) in [7, 11) is 1.60. The molecule has 1 spiro atoms. The number of benzene rings is 2. The lowest BCUT2D eigenvalue weighted by atomic mass is 9.78. The second kappa shape index (κ2) is 8.78. The van der Waals surface area contributed by atoms with Gasteiger partial charge in [0, 0.05) is 18.2 Å². The number of hydrogen-bond acceptors (Lipinski definition) is 5. The number of hydrogen-bond donors (Lipinski definition) is 1. The first-order chi connectivity index (χ1) is 14.6. The number of fused-ring (bicyclic) bond motifs is 1. The van der Waals surface area contributed by atoms with Crippen molar-refractivity contribution in [3.05, 3.63) is 53.6 Å². The Kier molecular flexibility index (Phi) is 5.93. The molecule has 0 saturated heterocycles. The van der Waals surface area contributed by atoms with E-state index in [1.807, 2.05) is 24.3 Å². The van der Waals surface area contributed by atoms with Gasteiger partial charge in [-0.15, -0.1) is 0 Å². The van der Waals surface area contributed by atoms with Crippen molar-refractivity contribution in [1.82, 2.24) is 5.32 Å². The van der Waals surface area contributed by atoms with Gasteiger partial charge in [0.1, 0.15) is 22.8 Å². The Morgan fingerprint density at radius 1 is 1.13 bits per heavy atom. The van der Waals surface area contributed by atoms with Gasteiger partial charge in [-0.3, -0.25) is 9.59 Å². The van der Waals surface area contributed by atoms with Crippen LogP contribution >= 0.6 is 0 Å². The second-order valence-electron chi connectivity index (χ2n) is 7.98. The van der Waals surface area contributed by atoms with Crippen molar-refractivity contribution in [3.8, 4) is 17.2 Å². The zero-order valence-electron chi connectivity index (χ0n) is 17.2. The van der Waals surface area contributed by atoms with Gasteiger partial charge in [0.25, 0.3) is 5.91 Å². The van der Waals surface area contributed by atoms with E-state index in [1.165, 1.54) is 6.42 Å². The molecule has 0 unspecified atom stereocenters. The first-order valence-electron chi connectivity index (χ1n) is 10.5. The van der Waals surface area contributed by atoms with Crippen LogP contribution in [0, 0.1) is 0 Å². The van der Waals surface area contributed by atoms with E-state index in [0.29, 0.717) is 30.0 Å². The highest BCUT2D eigenvalue weighted by atomic mass is 16.5. The molecule has 1 N–H and O–H groups in total. The lowest BCUT2D eigenvalue weighted by molar-refractivity contribution is -0.123. The van der Waals surface area contributed by atoms with Gasteiger partial charge < -0.3 is 19.5 Å². The van der Waals surface area contributed by atoms with Crippen molar-refractivity contribution in [2.45, 2.75) is 50.7 Å². The molecule has 6 nitrogen and oxygen atoms in total. The van der Waals surface area contributed by atoms with E-state index in [9.17, 15) is 9.59 Å². The Bertz CT molecular complexity index is 933. The normalized spacial score (nSPS) is 17.0. The molecule has 4 rings (SSSR count). The molecule has 2 aliphatic rings. The van der Waals surface area contributed by atoms with Gasteiger partial charge in [-0.1, -0.05) is 24.6 Å². The number of amides is 1. The smallest absolute Gasteiger partial charge is 0.258 e. The highest BCUT2D eigenvalue weighted by Crippen LogP contribution is 2.42. The summed E-state index contributed by atoms with van der Waals surface area (Å²) in [6.07, 6.45) is 5.64. The molecule has 6 heteroatoms. The van der Waals surface area contributed by atoms with E-state index in [1.54, 1.807) is 25.3 Å². The molecule has 0 radical (unpaired) electrons. The summed E-state index contributed by atoms with van der Waals surface area (Å²) in [5.74, 6) is 1.70. The number of carbonyl (C=O) groups is 2. The minimum absolute atomic E-state index is 0.118. The highest BCUT2D eigenvalue weighted by molar-refractivity contribution is 6.00. The summed E-state index contributed by atoms with van der Waals surface area (Å²) in [5, 5.41) is 2.83. The number of Topliss-reactive ketones (excluding diaryl/α,β-unsaturated/α-hetero) is 1. The molecule has 1 fully saturated rings. The van der Waals surface area contributed by atoms with Crippen LogP contribution in [0.2, 0.25) is 0 Å². The summed E-state index contributed by atoms with van der Waals surface area (Å²) >= 11 is 0. The van der Waals surface area contributed by atoms with Crippen molar-refractivity contribution in [2.24, 2.45) is 0 Å². The number of ketones is 1. The largest absolute Gasteiger partial charge is 0.496 e. The molecule has 158 valence electrons. The molecule has 1 aliphatic carbocycles. The standard InChI is InChI=1S/C24H27NO5/c1-28-21-8-4-3-7-17(21)15-25-23(27)16-29-18-9-10-19-20(26)14-24(30-22(19)13-18)11-5-2-6-12-24/h3-4,7-10,13H,2,5-6,11-12,14-16H2,1H3,(H,25,27). The van der Waals surface area contributed by atoms with Crippen LogP contribution in [0.4, 0.5) is 0 Å². The monoisotopic (exact) mass is 409 g/mol. The van der Waals surface area contributed by atoms with Crippen molar-refractivity contribution in [2.75, 3.05) is 13.7 Å². The lowest BCUT2D eigenvalue weighted by Gasteiger charge is -2.40. The Hall–Kier alpha value is -3.02. The molecule has 2 aromatic carbocycles. The first-order valence-corrected chi connectivity index (χ1v) is 10.5. The Labute approximate surface area is 176 Å². The molecule has 1 saturated carbocycles. The Morgan fingerprint density at radius 2 is 1.93 bits per heavy atom. The van der Waals surface area contributed by atoms with Gasteiger partial charge >= 0.3 is 0 Å². The molecule has 1 aliphatic heterocycles. The van der Waals surface area contributed by atoms with Crippen LogP contribution in [0.25, 0.3) is 0 Å². The van der Waals surface area contributed by atoms with Gasteiger partial charge in [0.2, 0.25) is 0 Å². The van der Waals surface area contributed by atoms with Gasteiger partial charge in [0.15, 0.2) is 12.4 Å². The number of carbonyl (C=O) groups excluding carboxylic acids is 2. The minimum atomic E-state index is -0.368. The third-order valence-electron chi connectivity index (χ3n) is 5.87. The summed E-state index contributed by atoms with van der Waals surface area (Å²) in [5.41, 5.74) is 1.12. The predicted octanol–water partition coefficient (Wildman–Crippen LogP) is 4.06. The minimum Gasteiger partial charge on any atom is -0.496 e. The zero-order valence-corrected chi connectivity index (χ0v) is 17.2. The van der Waals surface area contributed by atoms with Crippen molar-refractivity contribution >= 4 is 11.7 Å². The van der Waals surface area contributed by atoms with E-state index < -0.39 is 0 Å². The fraction of sp³-hybridized carbons (Fsp3) is 0.417. The fourth-order valence-electron chi connectivity index (χ4n) is 4.28. The summed E-state index contributed by atoms with van der Waals surface area (Å²) in [4.78, 5) is 24.8. The highest BCUT2D eigenvalue weighted by Gasteiger charge is 2.41. The van der Waals surface area contributed by atoms with Crippen LogP contribution in [-0.4, -0.2) is 31.0 Å². The summed E-state index contributed by atoms with van der Waals surface area (Å²) < 4.78 is 17.2. The maximum absolute atomic E-state index is 12.6. The van der Waals surface area contributed by atoms with E-state index in [0.717, 1.165) is 37.0 Å². The van der Waals surface area contributed by atoms with Gasteiger partial charge in [-0.05, 0) is 43.9 Å². The van der Waals surface area contributed by atoms with Crippen molar-refractivity contribution < 1.29 is 23.8 Å². The van der Waals surface area contributed by atoms with Crippen LogP contribution in [-0.2, 0) is 11.3 Å². The first kappa shape index (κ1) is 20.3. The van der Waals surface area contributed by atoms with E-state index in [4.69, 9.17) is 14.2 Å². The molecule has 1 heterocycles. The van der Waals surface area contributed by atoms with Gasteiger partial charge in [-0.25, -0.2) is 0 Å². The molecule has 30 heavy (non-hydrogen) atoms. The van der Waals surface area contributed by atoms with Gasteiger partial charge in [0.05, 0.1) is 19.1 Å². The maximum atomic E-state index is 12.6. The third kappa shape index (κ3) is 4.42. The molecule has 0 atom stereocenters. The van der Waals surface area contributed by atoms with E-state index >= 15 is 0 Å². The topological polar surface area (TPSA) is 73.9 Å². The Balaban J connectivity index is 1.36. The molecular formula is C24H27NO5. The van der Waals surface area contributed by atoms with Gasteiger partial charge in [-0.2, -0.15) is 0 Å². The van der Waals surface area contributed by atoms with Crippen LogP contribution < -0.4 is 19.5 Å². The predicted molar refractivity (Wildman–Crippen MR) is 112 cm³/mol. The quantitative estimate of drug-likeness (QED) is 0.779. The van der Waals surface area contributed by atoms with E-state index in [2.05, 4.69) is 5.32 Å². The summed E-state index contributed by atoms with van der Waals surface area (Å²) in [6.45, 7) is 0.240. The fourth-order valence-corrected chi connectivity index (χ4v) is 4.28. The third-order valence-corrected chi connectivity index (χ3v) is 5.87. The zero-order chi connectivity index (χ0) is 21.0. The number of nitrogens with one attached hydrogen (secondary N) is 1. The average Bonchev–Trinajstić information content (AvgIpc) is 2.76. The molecule has 2 aromatic rings. The molecule has 0 bridgehead atoms. The van der Waals surface area contributed by atoms with Crippen LogP contribution in [0.15, 0.2) is 42.5 Å². The Morgan fingerprint density at radius 3 is 2.73 bits per heavy atom. The second-order valence-corrected chi connectivity index (χ2v) is 7.98. The van der Waals surface area contributed by atoms with Crippen LogP contribution in [0.3, 0.4) is 0 Å². The average molecular weight is 409 g/mol. The van der Waals surface area contributed by atoms with Crippen molar-refractivity contribution in [3.63, 3.8) is 0 Å². The number of methoxy groups -OCH3 is 1. The molecule has 0 aromatic heterocycles. The lowest BCUT2D eigenvalue weighted by Crippen LogP contribution is -2.43. The SMILES string of the molecule is COc1ccccc1CNC(=O)COc1ccc2c(c1)OC1(CCCCC1)CC2=O. The summed E-state index contributed by atoms with van der Waals surface area (Å²) in [6, 6.07) is 12.7.